The fourth-order valence-corrected chi connectivity index (χ4v) is 3.60. The Kier molecular flexibility index (Phi) is 4.73. The molecule has 0 saturated heterocycles. The Balaban J connectivity index is 1.57. The molecular formula is C16H20BrClN4. The number of rotatable bonds is 4. The molecule has 2 aromatic rings. The first-order chi connectivity index (χ1) is 10.5. The van der Waals surface area contributed by atoms with Crippen molar-refractivity contribution in [2.45, 2.75) is 39.2 Å². The van der Waals surface area contributed by atoms with E-state index in [4.69, 9.17) is 11.6 Å². The van der Waals surface area contributed by atoms with Gasteiger partial charge in [0.05, 0.1) is 21.2 Å². The molecule has 1 saturated carbocycles. The lowest BCUT2D eigenvalue weighted by Gasteiger charge is -2.15. The third-order valence-corrected chi connectivity index (χ3v) is 5.46. The third kappa shape index (κ3) is 3.46. The first kappa shape index (κ1) is 15.8. The molecule has 118 valence electrons. The molecule has 1 N–H and O–H groups in total. The number of aromatic nitrogens is 3. The smallest absolute Gasteiger partial charge is 0.127 e. The molecule has 6 heteroatoms. The first-order valence-electron chi connectivity index (χ1n) is 7.60. The molecule has 0 aromatic carbocycles. The van der Waals surface area contributed by atoms with Crippen LogP contribution in [0, 0.1) is 19.8 Å². The highest BCUT2D eigenvalue weighted by molar-refractivity contribution is 9.10. The number of aryl methyl sites for hydroxylation is 2. The molecule has 0 amide bonds. The molecule has 3 rings (SSSR count). The Morgan fingerprint density at radius 3 is 2.86 bits per heavy atom. The van der Waals surface area contributed by atoms with Gasteiger partial charge in [-0.05, 0) is 61.0 Å². The van der Waals surface area contributed by atoms with Gasteiger partial charge >= 0.3 is 0 Å². The highest BCUT2D eigenvalue weighted by Gasteiger charge is 2.27. The molecule has 0 radical (unpaired) electrons. The van der Waals surface area contributed by atoms with Crippen LogP contribution in [-0.4, -0.2) is 21.3 Å². The van der Waals surface area contributed by atoms with Gasteiger partial charge in [0.25, 0.3) is 0 Å². The summed E-state index contributed by atoms with van der Waals surface area (Å²) in [6, 6.07) is 4.54. The van der Waals surface area contributed by atoms with Gasteiger partial charge in [-0.3, -0.25) is 4.68 Å². The Morgan fingerprint density at radius 1 is 1.36 bits per heavy atom. The van der Waals surface area contributed by atoms with E-state index in [1.807, 2.05) is 6.07 Å². The number of nitrogens with one attached hydrogen (secondary N) is 1. The summed E-state index contributed by atoms with van der Waals surface area (Å²) < 4.78 is 3.02. The summed E-state index contributed by atoms with van der Waals surface area (Å²) >= 11 is 9.45. The number of halogens is 2. The van der Waals surface area contributed by atoms with E-state index in [0.29, 0.717) is 17.0 Å². The van der Waals surface area contributed by atoms with Gasteiger partial charge in [-0.25, -0.2) is 4.98 Å². The first-order valence-corrected chi connectivity index (χ1v) is 8.77. The second kappa shape index (κ2) is 6.59. The summed E-state index contributed by atoms with van der Waals surface area (Å²) in [6.45, 7) is 5.13. The summed E-state index contributed by atoms with van der Waals surface area (Å²) in [7, 11) is 0. The second-order valence-corrected chi connectivity index (χ2v) is 7.33. The molecule has 4 nitrogen and oxygen atoms in total. The van der Waals surface area contributed by atoms with Crippen LogP contribution in [0.5, 0.6) is 0 Å². The van der Waals surface area contributed by atoms with Crippen molar-refractivity contribution in [3.63, 3.8) is 0 Å². The lowest BCUT2D eigenvalue weighted by molar-refractivity contribution is 0.436. The molecule has 2 unspecified atom stereocenters. The normalized spacial score (nSPS) is 21.3. The van der Waals surface area contributed by atoms with E-state index in [1.54, 1.807) is 6.20 Å². The van der Waals surface area contributed by atoms with E-state index in [1.165, 1.54) is 25.0 Å². The van der Waals surface area contributed by atoms with Gasteiger partial charge in [0.1, 0.15) is 5.82 Å². The molecule has 0 spiro atoms. The summed E-state index contributed by atoms with van der Waals surface area (Å²) in [6.07, 6.45) is 5.32. The van der Waals surface area contributed by atoms with Crippen molar-refractivity contribution in [1.82, 2.24) is 14.8 Å². The summed E-state index contributed by atoms with van der Waals surface area (Å²) in [5, 5.41) is 8.71. The zero-order valence-electron chi connectivity index (χ0n) is 12.8. The minimum atomic E-state index is 0.530. The third-order valence-electron chi connectivity index (χ3n) is 4.28. The van der Waals surface area contributed by atoms with E-state index in [2.05, 4.69) is 55.9 Å². The zero-order valence-corrected chi connectivity index (χ0v) is 15.2. The molecular weight excluding hydrogens is 364 g/mol. The predicted molar refractivity (Wildman–Crippen MR) is 93.5 cm³/mol. The van der Waals surface area contributed by atoms with Crippen LogP contribution in [0.1, 0.15) is 36.7 Å². The van der Waals surface area contributed by atoms with Gasteiger partial charge in [0.2, 0.25) is 0 Å². The van der Waals surface area contributed by atoms with E-state index >= 15 is 0 Å². The van der Waals surface area contributed by atoms with E-state index in [9.17, 15) is 0 Å². The summed E-state index contributed by atoms with van der Waals surface area (Å²) in [5.41, 5.74) is 2.37. The topological polar surface area (TPSA) is 42.7 Å². The van der Waals surface area contributed by atoms with Gasteiger partial charge in [-0.1, -0.05) is 11.6 Å². The van der Waals surface area contributed by atoms with Crippen molar-refractivity contribution in [1.29, 1.82) is 0 Å². The van der Waals surface area contributed by atoms with Crippen LogP contribution in [0.15, 0.2) is 22.8 Å². The van der Waals surface area contributed by atoms with Crippen molar-refractivity contribution >= 4 is 33.3 Å². The quantitative estimate of drug-likeness (QED) is 0.827. The molecule has 0 aliphatic heterocycles. The Labute approximate surface area is 144 Å². The van der Waals surface area contributed by atoms with Crippen LogP contribution in [0.4, 0.5) is 5.82 Å². The standard InChI is InChI=1S/C16H20BrClN4/c1-10-5-11(2)22(21-10)13-4-3-12(6-13)8-19-16-7-15(18)14(17)9-20-16/h5,7,9,12-13H,3-4,6,8H2,1-2H3,(H,19,20). The Hall–Kier alpha value is -1.07. The van der Waals surface area contributed by atoms with Crippen LogP contribution >= 0.6 is 27.5 Å². The molecule has 0 bridgehead atoms. The molecule has 2 atom stereocenters. The fraction of sp³-hybridized carbons (Fsp3) is 0.500. The van der Waals surface area contributed by atoms with Crippen LogP contribution in [0.25, 0.3) is 0 Å². The van der Waals surface area contributed by atoms with Gasteiger partial charge in [-0.2, -0.15) is 5.10 Å². The number of hydrogen-bond donors (Lipinski definition) is 1. The summed E-state index contributed by atoms with van der Waals surface area (Å²) in [5.74, 6) is 1.49. The maximum atomic E-state index is 6.09. The highest BCUT2D eigenvalue weighted by atomic mass is 79.9. The van der Waals surface area contributed by atoms with Crippen molar-refractivity contribution in [3.05, 3.63) is 39.2 Å². The molecule has 1 aliphatic carbocycles. The second-order valence-electron chi connectivity index (χ2n) is 6.07. The number of hydrogen-bond acceptors (Lipinski definition) is 3. The molecule has 1 fully saturated rings. The average Bonchev–Trinajstić information content (AvgIpc) is 3.06. The monoisotopic (exact) mass is 382 g/mol. The van der Waals surface area contributed by atoms with Crippen LogP contribution in [0.3, 0.4) is 0 Å². The van der Waals surface area contributed by atoms with Crippen molar-refractivity contribution < 1.29 is 0 Å². The Bertz CT molecular complexity index is 670. The van der Waals surface area contributed by atoms with E-state index in [-0.39, 0.29) is 0 Å². The average molecular weight is 384 g/mol. The molecule has 1 aliphatic rings. The van der Waals surface area contributed by atoms with Crippen LogP contribution in [0.2, 0.25) is 5.02 Å². The van der Waals surface area contributed by atoms with Crippen molar-refractivity contribution in [2.24, 2.45) is 5.92 Å². The van der Waals surface area contributed by atoms with Crippen molar-refractivity contribution in [2.75, 3.05) is 11.9 Å². The summed E-state index contributed by atoms with van der Waals surface area (Å²) in [4.78, 5) is 4.33. The Morgan fingerprint density at radius 2 is 2.18 bits per heavy atom. The highest BCUT2D eigenvalue weighted by Crippen LogP contribution is 2.35. The van der Waals surface area contributed by atoms with Gasteiger partial charge < -0.3 is 5.32 Å². The van der Waals surface area contributed by atoms with Crippen LogP contribution < -0.4 is 5.32 Å². The molecule has 22 heavy (non-hydrogen) atoms. The van der Waals surface area contributed by atoms with Crippen molar-refractivity contribution in [3.8, 4) is 0 Å². The lowest BCUT2D eigenvalue weighted by atomic mass is 10.1. The molecule has 2 aromatic heterocycles. The number of nitrogens with zero attached hydrogens (tertiary/aromatic N) is 3. The maximum Gasteiger partial charge on any atom is 0.127 e. The van der Waals surface area contributed by atoms with Gasteiger partial charge in [0.15, 0.2) is 0 Å². The predicted octanol–water partition coefficient (Wildman–Crippen LogP) is 4.76. The van der Waals surface area contributed by atoms with Gasteiger partial charge in [0, 0.05) is 24.5 Å². The minimum absolute atomic E-state index is 0.530. The number of pyridine rings is 1. The van der Waals surface area contributed by atoms with Gasteiger partial charge in [-0.15, -0.1) is 0 Å². The molecule has 2 heterocycles. The fourth-order valence-electron chi connectivity index (χ4n) is 3.23. The lowest BCUT2D eigenvalue weighted by Crippen LogP contribution is -2.14. The maximum absolute atomic E-state index is 6.09. The van der Waals surface area contributed by atoms with Crippen LogP contribution in [-0.2, 0) is 0 Å². The number of anilines is 1. The minimum Gasteiger partial charge on any atom is -0.370 e. The zero-order chi connectivity index (χ0) is 15.7. The van der Waals surface area contributed by atoms with E-state index < -0.39 is 0 Å². The SMILES string of the molecule is Cc1cc(C)n(C2CCC(CNc3cc(Cl)c(Br)cn3)C2)n1. The van der Waals surface area contributed by atoms with E-state index in [0.717, 1.165) is 22.5 Å². The largest absolute Gasteiger partial charge is 0.370 e.